The molecule has 1 saturated carbocycles. The lowest BCUT2D eigenvalue weighted by atomic mass is 9.68. The molecular weight excluding hydrogens is 397 g/mol. The number of nitrogens with two attached hydrogens (primary N) is 1. The molecule has 1 aliphatic heterocycles. The van der Waals surface area contributed by atoms with E-state index in [-0.39, 0.29) is 41.6 Å². The van der Waals surface area contributed by atoms with Crippen LogP contribution >= 0.6 is 24.0 Å². The third-order valence-electron chi connectivity index (χ3n) is 6.43. The van der Waals surface area contributed by atoms with Crippen molar-refractivity contribution in [2.45, 2.75) is 56.9 Å². The van der Waals surface area contributed by atoms with Crippen LogP contribution in [0, 0.1) is 5.92 Å². The van der Waals surface area contributed by atoms with Crippen LogP contribution in [-0.4, -0.2) is 42.4 Å². The van der Waals surface area contributed by atoms with Crippen molar-refractivity contribution in [1.82, 2.24) is 10.2 Å². The van der Waals surface area contributed by atoms with Gasteiger partial charge in [0.2, 0.25) is 11.8 Å². The van der Waals surface area contributed by atoms with Crippen LogP contribution in [-0.2, 0) is 15.0 Å². The number of hydrogen-bond donors (Lipinski definition) is 2. The number of nitrogens with zero attached hydrogens (tertiary/aromatic N) is 1. The standard InChI is InChI=1S/C21H30ClN3O2.ClH/c1-15(26)25-11-7-16(8-12-25)20(27)24-19-5-9-21(14-23,10-6-19)17-3-2-4-18(22)13-17;/h2-4,13,16,19H,5-12,14,23H2,1H3,(H,24,27);1H/t19-,21-;. The zero-order valence-corrected chi connectivity index (χ0v) is 18.0. The summed E-state index contributed by atoms with van der Waals surface area (Å²) in [5.41, 5.74) is 7.32. The lowest BCUT2D eigenvalue weighted by Crippen LogP contribution is -2.48. The van der Waals surface area contributed by atoms with Crippen molar-refractivity contribution < 1.29 is 9.59 Å². The van der Waals surface area contributed by atoms with Gasteiger partial charge in [-0.25, -0.2) is 0 Å². The number of likely N-dealkylation sites (tertiary alicyclic amines) is 1. The highest BCUT2D eigenvalue weighted by atomic mass is 35.5. The topological polar surface area (TPSA) is 75.4 Å². The first-order valence-electron chi connectivity index (χ1n) is 9.95. The molecular formula is C21H31Cl2N3O2. The molecule has 1 heterocycles. The van der Waals surface area contributed by atoms with Gasteiger partial charge in [0.25, 0.3) is 0 Å². The molecule has 2 aliphatic rings. The lowest BCUT2D eigenvalue weighted by molar-refractivity contribution is -0.134. The van der Waals surface area contributed by atoms with Crippen LogP contribution in [0.15, 0.2) is 24.3 Å². The SMILES string of the molecule is CC(=O)N1CCC(C(=O)N[C@H]2CC[C@](CN)(c3cccc(Cl)c3)CC2)CC1.Cl. The molecule has 0 atom stereocenters. The molecule has 3 N–H and O–H groups in total. The second-order valence-corrected chi connectivity index (χ2v) is 8.49. The molecule has 0 spiro atoms. The number of piperidine rings is 1. The highest BCUT2D eigenvalue weighted by Gasteiger charge is 2.37. The van der Waals surface area contributed by atoms with Crippen LogP contribution in [0.25, 0.3) is 0 Å². The largest absolute Gasteiger partial charge is 0.353 e. The fourth-order valence-corrected chi connectivity index (χ4v) is 4.71. The molecule has 0 aromatic heterocycles. The van der Waals surface area contributed by atoms with Gasteiger partial charge in [-0.05, 0) is 56.2 Å². The van der Waals surface area contributed by atoms with E-state index in [0.717, 1.165) is 43.5 Å². The summed E-state index contributed by atoms with van der Waals surface area (Å²) in [5.74, 6) is 0.265. The Morgan fingerprint density at radius 1 is 1.21 bits per heavy atom. The van der Waals surface area contributed by atoms with Gasteiger partial charge in [-0.2, -0.15) is 0 Å². The van der Waals surface area contributed by atoms with Crippen LogP contribution < -0.4 is 11.1 Å². The summed E-state index contributed by atoms with van der Waals surface area (Å²) in [6.07, 6.45) is 5.29. The number of benzene rings is 1. The van der Waals surface area contributed by atoms with Crippen LogP contribution in [0.1, 0.15) is 51.0 Å². The maximum atomic E-state index is 12.6. The number of carbonyl (C=O) groups excluding carboxylic acids is 2. The summed E-state index contributed by atoms with van der Waals surface area (Å²) in [6.45, 7) is 3.55. The second kappa shape index (κ2) is 9.95. The van der Waals surface area contributed by atoms with Gasteiger partial charge < -0.3 is 16.0 Å². The van der Waals surface area contributed by atoms with Gasteiger partial charge in [0.15, 0.2) is 0 Å². The Morgan fingerprint density at radius 2 is 1.86 bits per heavy atom. The van der Waals surface area contributed by atoms with E-state index in [0.29, 0.717) is 19.6 Å². The first kappa shape index (κ1) is 23.0. The van der Waals surface area contributed by atoms with Crippen molar-refractivity contribution in [3.05, 3.63) is 34.9 Å². The quantitative estimate of drug-likeness (QED) is 0.773. The van der Waals surface area contributed by atoms with E-state index in [1.54, 1.807) is 6.92 Å². The molecule has 7 heteroatoms. The minimum atomic E-state index is -0.0427. The Morgan fingerprint density at radius 3 is 2.39 bits per heavy atom. The van der Waals surface area contributed by atoms with E-state index in [1.165, 1.54) is 5.56 Å². The number of carbonyl (C=O) groups is 2. The summed E-state index contributed by atoms with van der Waals surface area (Å²) in [6, 6.07) is 8.22. The molecule has 1 aromatic carbocycles. The first-order chi connectivity index (χ1) is 12.9. The monoisotopic (exact) mass is 427 g/mol. The molecule has 3 rings (SSSR count). The van der Waals surface area contributed by atoms with Crippen molar-refractivity contribution in [3.8, 4) is 0 Å². The molecule has 5 nitrogen and oxygen atoms in total. The normalized spacial score (nSPS) is 25.7. The van der Waals surface area contributed by atoms with Gasteiger partial charge >= 0.3 is 0 Å². The number of hydrogen-bond acceptors (Lipinski definition) is 3. The van der Waals surface area contributed by atoms with Crippen LogP contribution in [0.5, 0.6) is 0 Å². The molecule has 1 aromatic rings. The van der Waals surface area contributed by atoms with E-state index in [4.69, 9.17) is 17.3 Å². The maximum Gasteiger partial charge on any atom is 0.223 e. The van der Waals surface area contributed by atoms with Crippen molar-refractivity contribution in [2.75, 3.05) is 19.6 Å². The molecule has 156 valence electrons. The Balaban J connectivity index is 0.00000280. The highest BCUT2D eigenvalue weighted by molar-refractivity contribution is 6.30. The van der Waals surface area contributed by atoms with Crippen molar-refractivity contribution in [2.24, 2.45) is 11.7 Å². The Labute approximate surface area is 178 Å². The molecule has 0 unspecified atom stereocenters. The smallest absolute Gasteiger partial charge is 0.223 e. The number of amides is 2. The van der Waals surface area contributed by atoms with E-state index in [1.807, 2.05) is 23.1 Å². The zero-order valence-electron chi connectivity index (χ0n) is 16.5. The Kier molecular flexibility index (Phi) is 8.17. The fraction of sp³-hybridized carbons (Fsp3) is 0.619. The van der Waals surface area contributed by atoms with Gasteiger partial charge in [0.05, 0.1) is 0 Å². The number of rotatable bonds is 4. The summed E-state index contributed by atoms with van der Waals surface area (Å²) in [5, 5.41) is 3.99. The minimum Gasteiger partial charge on any atom is -0.353 e. The van der Waals surface area contributed by atoms with Crippen molar-refractivity contribution in [3.63, 3.8) is 0 Å². The van der Waals surface area contributed by atoms with E-state index in [2.05, 4.69) is 11.4 Å². The lowest BCUT2D eigenvalue weighted by Gasteiger charge is -2.40. The molecule has 1 aliphatic carbocycles. The predicted octanol–water partition coefficient (Wildman–Crippen LogP) is 3.28. The van der Waals surface area contributed by atoms with Crippen LogP contribution in [0.2, 0.25) is 5.02 Å². The van der Waals surface area contributed by atoms with Crippen LogP contribution in [0.4, 0.5) is 0 Å². The zero-order chi connectivity index (χ0) is 19.4. The Bertz CT molecular complexity index is 682. The first-order valence-corrected chi connectivity index (χ1v) is 10.3. The molecule has 2 amide bonds. The average molecular weight is 428 g/mol. The third kappa shape index (κ3) is 5.19. The van der Waals surface area contributed by atoms with Gasteiger partial charge in [-0.3, -0.25) is 9.59 Å². The molecule has 2 fully saturated rings. The van der Waals surface area contributed by atoms with E-state index < -0.39 is 0 Å². The molecule has 28 heavy (non-hydrogen) atoms. The summed E-state index contributed by atoms with van der Waals surface area (Å²) in [7, 11) is 0. The predicted molar refractivity (Wildman–Crippen MR) is 115 cm³/mol. The number of halogens is 2. The van der Waals surface area contributed by atoms with Crippen molar-refractivity contribution in [1.29, 1.82) is 0 Å². The fourth-order valence-electron chi connectivity index (χ4n) is 4.52. The van der Waals surface area contributed by atoms with E-state index in [9.17, 15) is 9.59 Å². The second-order valence-electron chi connectivity index (χ2n) is 8.06. The molecule has 0 radical (unpaired) electrons. The summed E-state index contributed by atoms with van der Waals surface area (Å²) in [4.78, 5) is 25.9. The molecule has 0 bridgehead atoms. The maximum absolute atomic E-state index is 12.6. The van der Waals surface area contributed by atoms with Gasteiger partial charge in [0, 0.05) is 49.0 Å². The van der Waals surface area contributed by atoms with Gasteiger partial charge in [0.1, 0.15) is 0 Å². The Hall–Kier alpha value is -1.30. The van der Waals surface area contributed by atoms with Gasteiger partial charge in [-0.1, -0.05) is 23.7 Å². The van der Waals surface area contributed by atoms with Crippen LogP contribution in [0.3, 0.4) is 0 Å². The number of nitrogens with one attached hydrogen (secondary N) is 1. The highest BCUT2D eigenvalue weighted by Crippen LogP contribution is 2.39. The summed E-state index contributed by atoms with van der Waals surface area (Å²) < 4.78 is 0. The minimum absolute atomic E-state index is 0. The average Bonchev–Trinajstić information content (AvgIpc) is 2.69. The van der Waals surface area contributed by atoms with Crippen molar-refractivity contribution >= 4 is 35.8 Å². The van der Waals surface area contributed by atoms with E-state index >= 15 is 0 Å². The molecule has 1 saturated heterocycles. The summed E-state index contributed by atoms with van der Waals surface area (Å²) >= 11 is 6.17. The van der Waals surface area contributed by atoms with Gasteiger partial charge in [-0.15, -0.1) is 12.4 Å². The third-order valence-corrected chi connectivity index (χ3v) is 6.66.